The second-order valence-corrected chi connectivity index (χ2v) is 7.08. The molecule has 0 fully saturated rings. The summed E-state index contributed by atoms with van der Waals surface area (Å²) in [7, 11) is 0. The van der Waals surface area contributed by atoms with Crippen LogP contribution in [0.2, 0.25) is 0 Å². The lowest BCUT2D eigenvalue weighted by Crippen LogP contribution is -2.13. The number of ether oxygens (including phenoxy) is 1. The van der Waals surface area contributed by atoms with Crippen LogP contribution in [-0.2, 0) is 6.61 Å². The maximum Gasteiger partial charge on any atom is 0.256 e. The number of carbonyl (C=O) groups is 1. The number of rotatable bonds is 7. The molecule has 0 saturated heterocycles. The van der Waals surface area contributed by atoms with Gasteiger partial charge in [-0.15, -0.1) is 10.2 Å². The van der Waals surface area contributed by atoms with Crippen LogP contribution in [0.5, 0.6) is 5.75 Å². The fourth-order valence-corrected chi connectivity index (χ4v) is 2.92. The van der Waals surface area contributed by atoms with Crippen LogP contribution in [-0.4, -0.2) is 35.6 Å². The Kier molecular flexibility index (Phi) is 5.93. The number of hydrogen-bond donors (Lipinski definition) is 1. The van der Waals surface area contributed by atoms with Gasteiger partial charge in [0.2, 0.25) is 0 Å². The Hall–Kier alpha value is -4.14. The third-order valence-electron chi connectivity index (χ3n) is 4.46. The van der Waals surface area contributed by atoms with Crippen LogP contribution >= 0.6 is 0 Å². The monoisotopic (exact) mass is 415 g/mol. The molecular weight excluding hydrogens is 394 g/mol. The van der Waals surface area contributed by atoms with Crippen LogP contribution in [0, 0.1) is 0 Å². The molecule has 0 spiro atoms. The summed E-state index contributed by atoms with van der Waals surface area (Å²) >= 11 is 0. The maximum absolute atomic E-state index is 12.8. The third-order valence-corrected chi connectivity index (χ3v) is 4.46. The standard InChI is InChI=1S/C22H21N7O2/c1-15(2)29-14-25-28-21(29)19-7-4-8-20(26-19)27-22(30)17-5-3-6-18(9-17)31-12-16-10-23-13-24-11-16/h3-11,13-15H,12H2,1-2H3,(H,26,27,30). The first kappa shape index (κ1) is 20.1. The van der Waals surface area contributed by atoms with Crippen LogP contribution in [0.15, 0.2) is 67.5 Å². The van der Waals surface area contributed by atoms with Crippen molar-refractivity contribution in [2.75, 3.05) is 5.32 Å². The Bertz CT molecular complexity index is 1180. The lowest BCUT2D eigenvalue weighted by molar-refractivity contribution is 0.102. The normalized spacial score (nSPS) is 10.8. The quantitative estimate of drug-likeness (QED) is 0.492. The van der Waals surface area contributed by atoms with Crippen molar-refractivity contribution in [2.45, 2.75) is 26.5 Å². The fourth-order valence-electron chi connectivity index (χ4n) is 2.92. The molecule has 0 unspecified atom stereocenters. The van der Waals surface area contributed by atoms with Crippen molar-refractivity contribution in [3.63, 3.8) is 0 Å². The number of anilines is 1. The molecule has 9 heteroatoms. The van der Waals surface area contributed by atoms with Gasteiger partial charge in [-0.1, -0.05) is 12.1 Å². The van der Waals surface area contributed by atoms with Crippen molar-refractivity contribution in [3.05, 3.63) is 78.6 Å². The Balaban J connectivity index is 1.47. The van der Waals surface area contributed by atoms with Crippen LogP contribution in [0.1, 0.15) is 35.8 Å². The summed E-state index contributed by atoms with van der Waals surface area (Å²) in [5.74, 6) is 1.35. The van der Waals surface area contributed by atoms with Gasteiger partial charge < -0.3 is 14.6 Å². The molecule has 31 heavy (non-hydrogen) atoms. The number of aromatic nitrogens is 6. The predicted octanol–water partition coefficient (Wildman–Crippen LogP) is 3.54. The number of benzene rings is 1. The van der Waals surface area contributed by atoms with Gasteiger partial charge in [0, 0.05) is 29.6 Å². The smallest absolute Gasteiger partial charge is 0.256 e. The van der Waals surface area contributed by atoms with Gasteiger partial charge in [0.1, 0.15) is 36.5 Å². The number of hydrogen-bond acceptors (Lipinski definition) is 7. The average molecular weight is 415 g/mol. The number of amides is 1. The Morgan fingerprint density at radius 1 is 1.13 bits per heavy atom. The van der Waals surface area contributed by atoms with Crippen LogP contribution in [0.3, 0.4) is 0 Å². The second-order valence-electron chi connectivity index (χ2n) is 7.08. The first-order chi connectivity index (χ1) is 15.1. The molecule has 0 aliphatic carbocycles. The van der Waals surface area contributed by atoms with E-state index in [4.69, 9.17) is 4.74 Å². The molecule has 0 bridgehead atoms. The highest BCUT2D eigenvalue weighted by atomic mass is 16.5. The predicted molar refractivity (Wildman–Crippen MR) is 114 cm³/mol. The summed E-state index contributed by atoms with van der Waals surface area (Å²) in [4.78, 5) is 25.2. The van der Waals surface area contributed by atoms with E-state index in [1.165, 1.54) is 6.33 Å². The topological polar surface area (TPSA) is 108 Å². The first-order valence-electron chi connectivity index (χ1n) is 9.75. The number of carbonyl (C=O) groups excluding carboxylic acids is 1. The van der Waals surface area contributed by atoms with E-state index in [-0.39, 0.29) is 11.9 Å². The Morgan fingerprint density at radius 2 is 1.94 bits per heavy atom. The minimum absolute atomic E-state index is 0.190. The van der Waals surface area contributed by atoms with Gasteiger partial charge in [0.15, 0.2) is 5.82 Å². The van der Waals surface area contributed by atoms with E-state index in [0.717, 1.165) is 5.56 Å². The van der Waals surface area contributed by atoms with Gasteiger partial charge in [-0.3, -0.25) is 4.79 Å². The van der Waals surface area contributed by atoms with Gasteiger partial charge in [-0.05, 0) is 44.2 Å². The van der Waals surface area contributed by atoms with E-state index >= 15 is 0 Å². The molecule has 9 nitrogen and oxygen atoms in total. The van der Waals surface area contributed by atoms with Crippen LogP contribution in [0.4, 0.5) is 5.82 Å². The molecule has 1 N–H and O–H groups in total. The minimum Gasteiger partial charge on any atom is -0.489 e. The van der Waals surface area contributed by atoms with E-state index < -0.39 is 0 Å². The lowest BCUT2D eigenvalue weighted by atomic mass is 10.2. The zero-order chi connectivity index (χ0) is 21.6. The van der Waals surface area contributed by atoms with Crippen LogP contribution < -0.4 is 10.1 Å². The highest BCUT2D eigenvalue weighted by molar-refractivity contribution is 6.04. The first-order valence-corrected chi connectivity index (χ1v) is 9.75. The largest absolute Gasteiger partial charge is 0.489 e. The molecule has 156 valence electrons. The van der Waals surface area contributed by atoms with E-state index in [0.29, 0.717) is 35.3 Å². The van der Waals surface area contributed by atoms with Crippen molar-refractivity contribution in [1.29, 1.82) is 0 Å². The molecule has 0 aliphatic heterocycles. The molecular formula is C22H21N7O2. The molecule has 4 aromatic rings. The minimum atomic E-state index is -0.288. The Labute approximate surface area is 179 Å². The molecule has 0 saturated carbocycles. The molecule has 1 aromatic carbocycles. The number of nitrogens with one attached hydrogen (secondary N) is 1. The zero-order valence-corrected chi connectivity index (χ0v) is 17.1. The summed E-state index contributed by atoms with van der Waals surface area (Å²) in [6.45, 7) is 4.39. The van der Waals surface area contributed by atoms with E-state index in [1.807, 2.05) is 30.5 Å². The number of pyridine rings is 1. The molecule has 3 heterocycles. The molecule has 4 rings (SSSR count). The molecule has 1 amide bonds. The molecule has 0 atom stereocenters. The van der Waals surface area contributed by atoms with Crippen molar-refractivity contribution < 1.29 is 9.53 Å². The van der Waals surface area contributed by atoms with E-state index in [1.54, 1.807) is 49.1 Å². The van der Waals surface area contributed by atoms with Crippen molar-refractivity contribution in [2.24, 2.45) is 0 Å². The van der Waals surface area contributed by atoms with Gasteiger partial charge in [0.05, 0.1) is 0 Å². The van der Waals surface area contributed by atoms with E-state index in [9.17, 15) is 4.79 Å². The SMILES string of the molecule is CC(C)n1cnnc1-c1cccc(NC(=O)c2cccc(OCc3cncnc3)c2)n1. The fraction of sp³-hybridized carbons (Fsp3) is 0.182. The van der Waals surface area contributed by atoms with Crippen molar-refractivity contribution in [3.8, 4) is 17.3 Å². The lowest BCUT2D eigenvalue weighted by Gasteiger charge is -2.11. The molecule has 3 aromatic heterocycles. The second kappa shape index (κ2) is 9.12. The highest BCUT2D eigenvalue weighted by Crippen LogP contribution is 2.21. The van der Waals surface area contributed by atoms with Crippen LogP contribution in [0.25, 0.3) is 11.5 Å². The Morgan fingerprint density at radius 3 is 2.74 bits per heavy atom. The number of nitrogens with zero attached hydrogens (tertiary/aromatic N) is 6. The van der Waals surface area contributed by atoms with Gasteiger partial charge >= 0.3 is 0 Å². The van der Waals surface area contributed by atoms with Crippen molar-refractivity contribution in [1.82, 2.24) is 29.7 Å². The third kappa shape index (κ3) is 4.89. The molecule has 0 radical (unpaired) electrons. The van der Waals surface area contributed by atoms with Crippen molar-refractivity contribution >= 4 is 11.7 Å². The van der Waals surface area contributed by atoms with Gasteiger partial charge in [0.25, 0.3) is 5.91 Å². The van der Waals surface area contributed by atoms with E-state index in [2.05, 4.69) is 30.5 Å². The highest BCUT2D eigenvalue weighted by Gasteiger charge is 2.13. The summed E-state index contributed by atoms with van der Waals surface area (Å²) in [6, 6.07) is 12.5. The maximum atomic E-state index is 12.8. The van der Waals surface area contributed by atoms with Gasteiger partial charge in [-0.2, -0.15) is 0 Å². The zero-order valence-electron chi connectivity index (χ0n) is 17.1. The summed E-state index contributed by atoms with van der Waals surface area (Å²) < 4.78 is 7.67. The summed E-state index contributed by atoms with van der Waals surface area (Å²) in [5, 5.41) is 11.0. The summed E-state index contributed by atoms with van der Waals surface area (Å²) in [6.07, 6.45) is 6.49. The summed E-state index contributed by atoms with van der Waals surface area (Å²) in [5.41, 5.74) is 1.93. The molecule has 0 aliphatic rings. The van der Waals surface area contributed by atoms with Gasteiger partial charge in [-0.25, -0.2) is 15.0 Å². The average Bonchev–Trinajstić information content (AvgIpc) is 3.29.